The molecule has 0 aliphatic rings. The van der Waals surface area contributed by atoms with Gasteiger partial charge in [0.25, 0.3) is 5.91 Å². The van der Waals surface area contributed by atoms with Crippen LogP contribution in [-0.4, -0.2) is 48.7 Å². The number of nitrogens with one attached hydrogen (secondary N) is 3. The fourth-order valence-corrected chi connectivity index (χ4v) is 1.96. The molecule has 0 unspecified atom stereocenters. The minimum absolute atomic E-state index is 0.0382. The predicted octanol–water partition coefficient (Wildman–Crippen LogP) is 1.83. The molecule has 0 saturated heterocycles. The van der Waals surface area contributed by atoms with Crippen LogP contribution in [0.5, 0.6) is 0 Å². The molecule has 0 saturated carbocycles. The van der Waals surface area contributed by atoms with Gasteiger partial charge in [-0.25, -0.2) is 9.59 Å². The van der Waals surface area contributed by atoms with Crippen LogP contribution in [-0.2, 0) is 19.1 Å². The van der Waals surface area contributed by atoms with Crippen molar-refractivity contribution < 1.29 is 28.7 Å². The van der Waals surface area contributed by atoms with E-state index in [0.29, 0.717) is 5.69 Å². The highest BCUT2D eigenvalue weighted by Gasteiger charge is 2.17. The maximum Gasteiger partial charge on any atom is 0.412 e. The lowest BCUT2D eigenvalue weighted by Gasteiger charge is -2.19. The van der Waals surface area contributed by atoms with Gasteiger partial charge in [-0.15, -0.1) is 0 Å². The Bertz CT molecular complexity index is 725. The first kappa shape index (κ1) is 22.9. The summed E-state index contributed by atoms with van der Waals surface area (Å²) in [6, 6.07) is 5.99. The normalized spacial score (nSPS) is 10.8. The van der Waals surface area contributed by atoms with Crippen molar-refractivity contribution in [3.63, 3.8) is 0 Å². The van der Waals surface area contributed by atoms with E-state index in [0.717, 1.165) is 0 Å². The van der Waals surface area contributed by atoms with Crippen molar-refractivity contribution in [1.29, 1.82) is 0 Å². The number of hydrogen-bond acceptors (Lipinski definition) is 6. The second kappa shape index (κ2) is 10.3. The zero-order valence-corrected chi connectivity index (χ0v) is 16.8. The average Bonchev–Trinajstić information content (AvgIpc) is 2.55. The summed E-state index contributed by atoms with van der Waals surface area (Å²) in [7, 11) is 0. The van der Waals surface area contributed by atoms with Gasteiger partial charge in [0, 0.05) is 11.7 Å². The van der Waals surface area contributed by atoms with Crippen LogP contribution in [0.3, 0.4) is 0 Å². The third kappa shape index (κ3) is 9.56. The lowest BCUT2D eigenvalue weighted by atomic mass is 10.2. The summed E-state index contributed by atoms with van der Waals surface area (Å²) < 4.78 is 10.1. The van der Waals surface area contributed by atoms with E-state index in [-0.39, 0.29) is 24.1 Å². The van der Waals surface area contributed by atoms with Crippen molar-refractivity contribution in [2.45, 2.75) is 46.3 Å². The fourth-order valence-electron chi connectivity index (χ4n) is 1.96. The Morgan fingerprint density at radius 3 is 2.36 bits per heavy atom. The van der Waals surface area contributed by atoms with Crippen LogP contribution in [0.4, 0.5) is 10.5 Å². The number of esters is 1. The molecule has 0 atom stereocenters. The first-order chi connectivity index (χ1) is 13.0. The molecule has 0 fully saturated rings. The first-order valence-corrected chi connectivity index (χ1v) is 8.79. The Morgan fingerprint density at radius 1 is 1.07 bits per heavy atom. The van der Waals surface area contributed by atoms with Gasteiger partial charge < -0.3 is 20.1 Å². The molecule has 0 heterocycles. The zero-order chi connectivity index (χ0) is 21.3. The number of ether oxygens (including phenoxy) is 2. The molecule has 1 aromatic rings. The number of amides is 3. The van der Waals surface area contributed by atoms with Crippen LogP contribution in [0.2, 0.25) is 0 Å². The predicted molar refractivity (Wildman–Crippen MR) is 103 cm³/mol. The van der Waals surface area contributed by atoms with Crippen LogP contribution in [0.1, 0.15) is 45.0 Å². The third-order valence-electron chi connectivity index (χ3n) is 2.97. The highest BCUT2D eigenvalue weighted by atomic mass is 16.6. The molecule has 154 valence electrons. The molecule has 3 amide bonds. The van der Waals surface area contributed by atoms with Gasteiger partial charge in [-0.3, -0.25) is 14.9 Å². The third-order valence-corrected chi connectivity index (χ3v) is 2.97. The minimum atomic E-state index is -0.741. The van der Waals surface area contributed by atoms with E-state index < -0.39 is 30.2 Å². The second-order valence-corrected chi connectivity index (χ2v) is 7.28. The molecule has 3 N–H and O–H groups in total. The summed E-state index contributed by atoms with van der Waals surface area (Å²) in [5.74, 6) is -1.68. The lowest BCUT2D eigenvalue weighted by Crippen LogP contribution is -2.41. The van der Waals surface area contributed by atoms with Crippen molar-refractivity contribution in [3.05, 3.63) is 29.8 Å². The summed E-state index contributed by atoms with van der Waals surface area (Å²) >= 11 is 0. The van der Waals surface area contributed by atoms with Crippen LogP contribution in [0.25, 0.3) is 0 Å². The quantitative estimate of drug-likeness (QED) is 0.608. The van der Waals surface area contributed by atoms with Gasteiger partial charge in [0.15, 0.2) is 6.61 Å². The standard InChI is InChI=1S/C19H27N3O6/c1-12(2)21-15(23)10-20-16(24)11-27-17(25)13-7-6-8-14(9-13)22-18(26)28-19(3,4)5/h6-9,12H,10-11H2,1-5H3,(H,20,24)(H,21,23)(H,22,26). The summed E-state index contributed by atoms with van der Waals surface area (Å²) in [5, 5.41) is 7.48. The first-order valence-electron chi connectivity index (χ1n) is 8.79. The maximum atomic E-state index is 12.1. The topological polar surface area (TPSA) is 123 Å². The molecular formula is C19H27N3O6. The molecule has 0 aliphatic carbocycles. The monoisotopic (exact) mass is 393 g/mol. The van der Waals surface area contributed by atoms with E-state index >= 15 is 0 Å². The van der Waals surface area contributed by atoms with Gasteiger partial charge in [-0.2, -0.15) is 0 Å². The minimum Gasteiger partial charge on any atom is -0.452 e. The molecule has 0 aromatic heterocycles. The fraction of sp³-hybridized carbons (Fsp3) is 0.474. The Morgan fingerprint density at radius 2 is 1.75 bits per heavy atom. The van der Waals surface area contributed by atoms with Crippen LogP contribution < -0.4 is 16.0 Å². The summed E-state index contributed by atoms with van der Waals surface area (Å²) in [6.07, 6.45) is -0.655. The summed E-state index contributed by atoms with van der Waals surface area (Å²) in [4.78, 5) is 47.0. The van der Waals surface area contributed by atoms with Crippen molar-refractivity contribution in [1.82, 2.24) is 10.6 Å². The van der Waals surface area contributed by atoms with Crippen molar-refractivity contribution in [2.24, 2.45) is 0 Å². The number of carbonyl (C=O) groups excluding carboxylic acids is 4. The van der Waals surface area contributed by atoms with Crippen molar-refractivity contribution in [3.8, 4) is 0 Å². The Balaban J connectivity index is 2.51. The Kier molecular flexibility index (Phi) is 8.43. The summed E-state index contributed by atoms with van der Waals surface area (Å²) in [6.45, 7) is 8.07. The van der Waals surface area contributed by atoms with E-state index in [4.69, 9.17) is 9.47 Å². The van der Waals surface area contributed by atoms with Gasteiger partial charge in [0.2, 0.25) is 5.91 Å². The van der Waals surface area contributed by atoms with E-state index in [1.54, 1.807) is 46.8 Å². The molecule has 0 bridgehead atoms. The molecule has 9 heteroatoms. The van der Waals surface area contributed by atoms with E-state index in [2.05, 4.69) is 16.0 Å². The van der Waals surface area contributed by atoms with Gasteiger partial charge in [-0.05, 0) is 52.8 Å². The van der Waals surface area contributed by atoms with Crippen molar-refractivity contribution >= 4 is 29.6 Å². The highest BCUT2D eigenvalue weighted by Crippen LogP contribution is 2.14. The molecule has 0 aliphatic heterocycles. The molecule has 1 aromatic carbocycles. The largest absolute Gasteiger partial charge is 0.452 e. The van der Waals surface area contributed by atoms with Crippen LogP contribution in [0.15, 0.2) is 24.3 Å². The molecule has 1 rings (SSSR count). The van der Waals surface area contributed by atoms with E-state index in [1.807, 2.05) is 0 Å². The Labute approximate surface area is 164 Å². The average molecular weight is 393 g/mol. The van der Waals surface area contributed by atoms with Gasteiger partial charge in [0.1, 0.15) is 5.60 Å². The molecule has 9 nitrogen and oxygen atoms in total. The van der Waals surface area contributed by atoms with Crippen LogP contribution >= 0.6 is 0 Å². The molecule has 28 heavy (non-hydrogen) atoms. The SMILES string of the molecule is CC(C)NC(=O)CNC(=O)COC(=O)c1cccc(NC(=O)OC(C)(C)C)c1. The van der Waals surface area contributed by atoms with Gasteiger partial charge in [-0.1, -0.05) is 6.07 Å². The number of rotatable bonds is 7. The van der Waals surface area contributed by atoms with E-state index in [1.165, 1.54) is 12.1 Å². The maximum absolute atomic E-state index is 12.1. The smallest absolute Gasteiger partial charge is 0.412 e. The Hall–Kier alpha value is -3.10. The van der Waals surface area contributed by atoms with E-state index in [9.17, 15) is 19.2 Å². The van der Waals surface area contributed by atoms with Crippen LogP contribution in [0, 0.1) is 0 Å². The highest BCUT2D eigenvalue weighted by molar-refractivity contribution is 5.94. The summed E-state index contributed by atoms with van der Waals surface area (Å²) in [5.41, 5.74) is -0.155. The number of anilines is 1. The zero-order valence-electron chi connectivity index (χ0n) is 16.8. The number of carbonyl (C=O) groups is 4. The number of hydrogen-bond donors (Lipinski definition) is 3. The molecule has 0 spiro atoms. The van der Waals surface area contributed by atoms with Gasteiger partial charge in [0.05, 0.1) is 12.1 Å². The number of benzene rings is 1. The molecular weight excluding hydrogens is 366 g/mol. The lowest BCUT2D eigenvalue weighted by molar-refractivity contribution is -0.128. The molecule has 0 radical (unpaired) electrons. The van der Waals surface area contributed by atoms with Gasteiger partial charge >= 0.3 is 12.1 Å². The van der Waals surface area contributed by atoms with Crippen molar-refractivity contribution in [2.75, 3.05) is 18.5 Å². The second-order valence-electron chi connectivity index (χ2n) is 7.28.